The van der Waals surface area contributed by atoms with Crippen LogP contribution < -0.4 is 0 Å². The molecule has 5 heteroatoms. The molecule has 0 amide bonds. The Morgan fingerprint density at radius 1 is 1.10 bits per heavy atom. The molecule has 0 spiro atoms. The summed E-state index contributed by atoms with van der Waals surface area (Å²) in [5.41, 5.74) is 1.37. The Kier molecular flexibility index (Phi) is 3.69. The quantitative estimate of drug-likeness (QED) is 0.794. The molecule has 0 fully saturated rings. The van der Waals surface area contributed by atoms with Crippen molar-refractivity contribution in [1.82, 2.24) is 4.98 Å². The number of benzene rings is 1. The molecule has 110 valence electrons. The molecule has 1 heterocycles. The fourth-order valence-electron chi connectivity index (χ4n) is 2.91. The summed E-state index contributed by atoms with van der Waals surface area (Å²) >= 11 is 0. The molecule has 0 saturated carbocycles. The van der Waals surface area contributed by atoms with Gasteiger partial charge in [-0.3, -0.25) is 4.98 Å². The molecule has 3 nitrogen and oxygen atoms in total. The molecule has 3 rings (SSSR count). The molecular formula is C16H15F2NO2. The molecule has 1 aromatic heterocycles. The molecule has 2 aromatic rings. The van der Waals surface area contributed by atoms with Crippen LogP contribution in [0, 0.1) is 11.6 Å². The Hall–Kier alpha value is -1.85. The molecule has 3 unspecified atom stereocenters. The Balaban J connectivity index is 2.04. The van der Waals surface area contributed by atoms with E-state index in [-0.39, 0.29) is 12.0 Å². The zero-order valence-corrected chi connectivity index (χ0v) is 11.2. The summed E-state index contributed by atoms with van der Waals surface area (Å²) in [6.07, 6.45) is -0.0791. The van der Waals surface area contributed by atoms with E-state index in [1.165, 1.54) is 18.3 Å². The minimum atomic E-state index is -1.11. The molecule has 3 atom stereocenters. The Bertz CT molecular complexity index is 662. The van der Waals surface area contributed by atoms with Crippen molar-refractivity contribution in [2.24, 2.45) is 0 Å². The number of halogens is 2. The first-order chi connectivity index (χ1) is 10.1. The van der Waals surface area contributed by atoms with E-state index in [0.29, 0.717) is 12.1 Å². The van der Waals surface area contributed by atoms with Crippen molar-refractivity contribution >= 4 is 0 Å². The van der Waals surface area contributed by atoms with Crippen LogP contribution in [0.1, 0.15) is 35.3 Å². The second kappa shape index (κ2) is 5.50. The highest BCUT2D eigenvalue weighted by molar-refractivity contribution is 5.31. The fraction of sp³-hybridized carbons (Fsp3) is 0.312. The average Bonchev–Trinajstić information content (AvgIpc) is 2.60. The van der Waals surface area contributed by atoms with Gasteiger partial charge in [0.2, 0.25) is 0 Å². The molecule has 1 aliphatic rings. The lowest BCUT2D eigenvalue weighted by Gasteiger charge is -2.19. The van der Waals surface area contributed by atoms with E-state index in [4.69, 9.17) is 0 Å². The van der Waals surface area contributed by atoms with Crippen molar-refractivity contribution in [3.63, 3.8) is 0 Å². The van der Waals surface area contributed by atoms with Crippen LogP contribution in [0.4, 0.5) is 8.78 Å². The number of fused-ring (bicyclic) bond motifs is 1. The van der Waals surface area contributed by atoms with Crippen LogP contribution in [-0.2, 0) is 6.42 Å². The van der Waals surface area contributed by atoms with E-state index in [2.05, 4.69) is 4.98 Å². The molecule has 0 saturated heterocycles. The summed E-state index contributed by atoms with van der Waals surface area (Å²) in [7, 11) is 0. The monoisotopic (exact) mass is 291 g/mol. The van der Waals surface area contributed by atoms with Gasteiger partial charge in [-0.15, -0.1) is 0 Å². The van der Waals surface area contributed by atoms with Crippen molar-refractivity contribution in [2.75, 3.05) is 0 Å². The van der Waals surface area contributed by atoms with Gasteiger partial charge in [0.25, 0.3) is 0 Å². The second-order valence-electron chi connectivity index (χ2n) is 5.34. The van der Waals surface area contributed by atoms with Crippen LogP contribution >= 0.6 is 0 Å². The van der Waals surface area contributed by atoms with E-state index in [9.17, 15) is 19.0 Å². The maximum Gasteiger partial charge on any atom is 0.162 e. The Labute approximate surface area is 120 Å². The molecule has 21 heavy (non-hydrogen) atoms. The highest BCUT2D eigenvalue weighted by Crippen LogP contribution is 2.36. The number of aliphatic hydroxyl groups excluding tert-OH is 2. The number of pyridine rings is 1. The van der Waals surface area contributed by atoms with Crippen molar-refractivity contribution in [1.29, 1.82) is 0 Å². The summed E-state index contributed by atoms with van der Waals surface area (Å²) in [6, 6.07) is 7.54. The predicted octanol–water partition coefficient (Wildman–Crippen LogP) is 2.48. The van der Waals surface area contributed by atoms with Gasteiger partial charge in [0.15, 0.2) is 11.6 Å². The highest BCUT2D eigenvalue weighted by Gasteiger charge is 2.32. The van der Waals surface area contributed by atoms with Crippen molar-refractivity contribution in [3.05, 3.63) is 65.0 Å². The maximum atomic E-state index is 14.0. The topological polar surface area (TPSA) is 53.4 Å². The van der Waals surface area contributed by atoms with Crippen LogP contribution in [0.5, 0.6) is 0 Å². The average molecular weight is 291 g/mol. The molecule has 0 bridgehead atoms. The van der Waals surface area contributed by atoms with E-state index >= 15 is 0 Å². The van der Waals surface area contributed by atoms with Gasteiger partial charge in [-0.2, -0.15) is 0 Å². The standard InChI is InChI=1S/C16H15F2NO2/c17-12-5-1-4-11(14(12)18)10-7-9-3-2-6-19-15(9)16(21)13(20)8-10/h1-6,10,13,16,20-21H,7-8H2. The van der Waals surface area contributed by atoms with Gasteiger partial charge in [0.1, 0.15) is 6.10 Å². The van der Waals surface area contributed by atoms with Crippen molar-refractivity contribution < 1.29 is 19.0 Å². The van der Waals surface area contributed by atoms with Crippen LogP contribution in [-0.4, -0.2) is 21.3 Å². The first-order valence-electron chi connectivity index (χ1n) is 6.81. The molecule has 0 aliphatic heterocycles. The summed E-state index contributed by atoms with van der Waals surface area (Å²) in [6.45, 7) is 0. The van der Waals surface area contributed by atoms with Gasteiger partial charge in [-0.05, 0) is 42.0 Å². The molecule has 1 aliphatic carbocycles. The van der Waals surface area contributed by atoms with E-state index in [1.807, 2.05) is 0 Å². The molecule has 0 radical (unpaired) electrons. The Morgan fingerprint density at radius 2 is 1.90 bits per heavy atom. The van der Waals surface area contributed by atoms with Crippen LogP contribution in [0.15, 0.2) is 36.5 Å². The number of nitrogens with zero attached hydrogens (tertiary/aromatic N) is 1. The minimum Gasteiger partial charge on any atom is -0.390 e. The van der Waals surface area contributed by atoms with Crippen molar-refractivity contribution in [3.8, 4) is 0 Å². The summed E-state index contributed by atoms with van der Waals surface area (Å²) in [5, 5.41) is 20.2. The second-order valence-corrected chi connectivity index (χ2v) is 5.34. The highest BCUT2D eigenvalue weighted by atomic mass is 19.2. The van der Waals surface area contributed by atoms with E-state index in [1.54, 1.807) is 12.1 Å². The summed E-state index contributed by atoms with van der Waals surface area (Å²) < 4.78 is 27.4. The molecule has 1 aromatic carbocycles. The number of hydrogen-bond acceptors (Lipinski definition) is 3. The van der Waals surface area contributed by atoms with Gasteiger partial charge >= 0.3 is 0 Å². The lowest BCUT2D eigenvalue weighted by atomic mass is 9.89. The fourth-order valence-corrected chi connectivity index (χ4v) is 2.91. The number of hydrogen-bond donors (Lipinski definition) is 2. The van der Waals surface area contributed by atoms with Crippen LogP contribution in [0.25, 0.3) is 0 Å². The van der Waals surface area contributed by atoms with Crippen molar-refractivity contribution in [2.45, 2.75) is 31.0 Å². The third-order valence-electron chi connectivity index (χ3n) is 3.98. The third-order valence-corrected chi connectivity index (χ3v) is 3.98. The number of aliphatic hydroxyl groups is 2. The maximum absolute atomic E-state index is 14.0. The summed E-state index contributed by atoms with van der Waals surface area (Å²) in [5.74, 6) is -2.20. The Morgan fingerprint density at radius 3 is 2.71 bits per heavy atom. The third kappa shape index (κ3) is 2.54. The minimum absolute atomic E-state index is 0.151. The van der Waals surface area contributed by atoms with Crippen LogP contribution in [0.2, 0.25) is 0 Å². The molecular weight excluding hydrogens is 276 g/mol. The number of aromatic nitrogens is 1. The summed E-state index contributed by atoms with van der Waals surface area (Å²) in [4.78, 5) is 4.10. The SMILES string of the molecule is OC1CC(c2cccc(F)c2F)Cc2cccnc2C1O. The largest absolute Gasteiger partial charge is 0.390 e. The predicted molar refractivity (Wildman–Crippen MR) is 72.6 cm³/mol. The van der Waals surface area contributed by atoms with Gasteiger partial charge in [0, 0.05) is 6.20 Å². The zero-order chi connectivity index (χ0) is 15.0. The first-order valence-corrected chi connectivity index (χ1v) is 6.81. The van der Waals surface area contributed by atoms with Gasteiger partial charge in [-0.1, -0.05) is 18.2 Å². The lowest BCUT2D eigenvalue weighted by Crippen LogP contribution is -2.20. The van der Waals surface area contributed by atoms with E-state index < -0.39 is 29.8 Å². The smallest absolute Gasteiger partial charge is 0.162 e. The van der Waals surface area contributed by atoms with E-state index in [0.717, 1.165) is 11.6 Å². The lowest BCUT2D eigenvalue weighted by molar-refractivity contribution is 0.0101. The zero-order valence-electron chi connectivity index (χ0n) is 11.2. The number of rotatable bonds is 1. The van der Waals surface area contributed by atoms with Gasteiger partial charge in [-0.25, -0.2) is 8.78 Å². The first kappa shape index (κ1) is 14.1. The van der Waals surface area contributed by atoms with Gasteiger partial charge in [0.05, 0.1) is 11.8 Å². The van der Waals surface area contributed by atoms with Crippen LogP contribution in [0.3, 0.4) is 0 Å². The van der Waals surface area contributed by atoms with Gasteiger partial charge < -0.3 is 10.2 Å². The molecule has 2 N–H and O–H groups in total. The normalized spacial score (nSPS) is 25.2.